The number of aromatic nitrogens is 2. The molecule has 0 atom stereocenters. The highest BCUT2D eigenvalue weighted by Gasteiger charge is 2.16. The first kappa shape index (κ1) is 22.9. The van der Waals surface area contributed by atoms with Crippen LogP contribution in [0.15, 0.2) is 34.2 Å². The third kappa shape index (κ3) is 6.57. The summed E-state index contributed by atoms with van der Waals surface area (Å²) in [4.78, 5) is 42.7. The van der Waals surface area contributed by atoms with Gasteiger partial charge in [0.25, 0.3) is 5.56 Å². The van der Waals surface area contributed by atoms with Crippen molar-refractivity contribution in [3.05, 3.63) is 34.6 Å². The molecule has 0 aliphatic rings. The van der Waals surface area contributed by atoms with Crippen LogP contribution in [0, 0.1) is 0 Å². The number of nitrogens with one attached hydrogen (secondary N) is 1. The number of hydrogen-bond donors (Lipinski definition) is 1. The highest BCUT2D eigenvalue weighted by Crippen LogP contribution is 2.18. The Labute approximate surface area is 174 Å². The number of ether oxygens (including phenoxy) is 1. The van der Waals surface area contributed by atoms with E-state index in [1.807, 2.05) is 26.0 Å². The number of carbonyl (C=O) groups excluding carboxylic acids is 2. The zero-order valence-corrected chi connectivity index (χ0v) is 18.1. The molecule has 1 aromatic carbocycles. The summed E-state index contributed by atoms with van der Waals surface area (Å²) in [5, 5.41) is 3.52. The number of nitrogens with zero attached hydrogens (tertiary/aromatic N) is 3. The Morgan fingerprint density at radius 2 is 2.03 bits per heavy atom. The Morgan fingerprint density at radius 1 is 1.31 bits per heavy atom. The minimum absolute atomic E-state index is 0.0135. The summed E-state index contributed by atoms with van der Waals surface area (Å²) in [5.74, 6) is -0.367. The molecule has 0 saturated carbocycles. The van der Waals surface area contributed by atoms with Gasteiger partial charge in [0.2, 0.25) is 11.8 Å². The lowest BCUT2D eigenvalue weighted by molar-refractivity contribution is -0.132. The summed E-state index contributed by atoms with van der Waals surface area (Å²) in [6, 6.07) is 7.17. The second-order valence-corrected chi connectivity index (χ2v) is 7.80. The predicted octanol–water partition coefficient (Wildman–Crippen LogP) is 1.51. The molecular formula is C20H28N4O4S. The van der Waals surface area contributed by atoms with E-state index < -0.39 is 0 Å². The first-order valence-electron chi connectivity index (χ1n) is 9.52. The molecule has 0 unspecified atom stereocenters. The highest BCUT2D eigenvalue weighted by atomic mass is 32.2. The van der Waals surface area contributed by atoms with Crippen molar-refractivity contribution in [2.24, 2.45) is 0 Å². The Balaban J connectivity index is 2.19. The summed E-state index contributed by atoms with van der Waals surface area (Å²) >= 11 is 1.20. The Morgan fingerprint density at radius 3 is 2.72 bits per heavy atom. The number of thioether (sulfide) groups is 1. The van der Waals surface area contributed by atoms with Gasteiger partial charge in [0.1, 0.15) is 0 Å². The van der Waals surface area contributed by atoms with E-state index in [2.05, 4.69) is 10.3 Å². The van der Waals surface area contributed by atoms with Gasteiger partial charge >= 0.3 is 0 Å². The zero-order valence-electron chi connectivity index (χ0n) is 17.3. The minimum Gasteiger partial charge on any atom is -0.379 e. The average Bonchev–Trinajstić information content (AvgIpc) is 2.70. The van der Waals surface area contributed by atoms with Crippen molar-refractivity contribution in [3.63, 3.8) is 0 Å². The number of amides is 2. The van der Waals surface area contributed by atoms with Crippen molar-refractivity contribution < 1.29 is 14.3 Å². The van der Waals surface area contributed by atoms with E-state index in [0.717, 1.165) is 0 Å². The number of hydrogen-bond acceptors (Lipinski definition) is 6. The van der Waals surface area contributed by atoms with Crippen molar-refractivity contribution in [2.75, 3.05) is 33.0 Å². The molecule has 9 heteroatoms. The SMILES string of the molecule is CNC(=O)CN(C)C(=O)CSc1nc2ccccc2c(=O)n1CCCOC(C)C. The lowest BCUT2D eigenvalue weighted by atomic mass is 10.2. The third-order valence-electron chi connectivity index (χ3n) is 4.21. The second kappa shape index (κ2) is 11.0. The molecule has 2 aromatic rings. The number of carbonyl (C=O) groups is 2. The maximum atomic E-state index is 13.0. The minimum atomic E-state index is -0.239. The summed E-state index contributed by atoms with van der Waals surface area (Å²) in [7, 11) is 3.10. The van der Waals surface area contributed by atoms with Crippen molar-refractivity contribution in [3.8, 4) is 0 Å². The van der Waals surface area contributed by atoms with Crippen LogP contribution < -0.4 is 10.9 Å². The van der Waals surface area contributed by atoms with Gasteiger partial charge in [-0.15, -0.1) is 0 Å². The van der Waals surface area contributed by atoms with Crippen LogP contribution in [0.1, 0.15) is 20.3 Å². The Kier molecular flexibility index (Phi) is 8.66. The fourth-order valence-corrected chi connectivity index (χ4v) is 3.58. The van der Waals surface area contributed by atoms with Crippen LogP contribution in [-0.4, -0.2) is 65.4 Å². The highest BCUT2D eigenvalue weighted by molar-refractivity contribution is 7.99. The standard InChI is InChI=1S/C20H28N4O4S/c1-14(2)28-11-7-10-24-19(27)15-8-5-6-9-16(15)22-20(24)29-13-18(26)23(4)12-17(25)21-3/h5-6,8-9,14H,7,10-13H2,1-4H3,(H,21,25). The maximum Gasteiger partial charge on any atom is 0.262 e. The maximum absolute atomic E-state index is 13.0. The lowest BCUT2D eigenvalue weighted by Gasteiger charge is -2.17. The third-order valence-corrected chi connectivity index (χ3v) is 5.18. The van der Waals surface area contributed by atoms with Gasteiger partial charge in [-0.25, -0.2) is 4.98 Å². The van der Waals surface area contributed by atoms with E-state index in [1.165, 1.54) is 23.7 Å². The second-order valence-electron chi connectivity index (χ2n) is 6.85. The Hall–Kier alpha value is -2.39. The fraction of sp³-hybridized carbons (Fsp3) is 0.500. The fourth-order valence-electron chi connectivity index (χ4n) is 2.62. The lowest BCUT2D eigenvalue weighted by Crippen LogP contribution is -2.37. The van der Waals surface area contributed by atoms with Crippen molar-refractivity contribution >= 4 is 34.5 Å². The molecule has 0 bridgehead atoms. The number of para-hydroxylation sites is 1. The van der Waals surface area contributed by atoms with E-state index in [-0.39, 0.29) is 35.8 Å². The van der Waals surface area contributed by atoms with Crippen LogP contribution in [0.3, 0.4) is 0 Å². The summed E-state index contributed by atoms with van der Waals surface area (Å²) in [5.41, 5.74) is 0.467. The van der Waals surface area contributed by atoms with Gasteiger partial charge < -0.3 is 15.0 Å². The largest absolute Gasteiger partial charge is 0.379 e. The van der Waals surface area contributed by atoms with Gasteiger partial charge in [-0.3, -0.25) is 19.0 Å². The van der Waals surface area contributed by atoms with Crippen LogP contribution in [-0.2, 0) is 20.9 Å². The molecule has 0 fully saturated rings. The molecule has 2 rings (SSSR count). The number of rotatable bonds is 10. The van der Waals surface area contributed by atoms with Gasteiger partial charge in [0.15, 0.2) is 5.16 Å². The monoisotopic (exact) mass is 420 g/mol. The van der Waals surface area contributed by atoms with Gasteiger partial charge in [-0.2, -0.15) is 0 Å². The Bertz CT molecular complexity index is 913. The summed E-state index contributed by atoms with van der Waals surface area (Å²) < 4.78 is 7.17. The molecule has 0 spiro atoms. The van der Waals surface area contributed by atoms with Gasteiger partial charge in [-0.1, -0.05) is 23.9 Å². The van der Waals surface area contributed by atoms with Crippen LogP contribution in [0.25, 0.3) is 10.9 Å². The van der Waals surface area contributed by atoms with Crippen molar-refractivity contribution in [1.29, 1.82) is 0 Å². The molecule has 0 aliphatic carbocycles. The number of likely N-dealkylation sites (N-methyl/N-ethyl adjacent to an activating group) is 2. The molecule has 1 heterocycles. The quantitative estimate of drug-likeness (QED) is 0.356. The molecule has 158 valence electrons. The molecule has 0 radical (unpaired) electrons. The average molecular weight is 421 g/mol. The molecule has 0 aliphatic heterocycles. The number of fused-ring (bicyclic) bond motifs is 1. The molecule has 2 amide bonds. The molecule has 0 saturated heterocycles. The van der Waals surface area contributed by atoms with Gasteiger partial charge in [-0.05, 0) is 32.4 Å². The topological polar surface area (TPSA) is 93.5 Å². The number of benzene rings is 1. The van der Waals surface area contributed by atoms with E-state index in [4.69, 9.17) is 4.74 Å². The first-order valence-corrected chi connectivity index (χ1v) is 10.5. The van der Waals surface area contributed by atoms with Gasteiger partial charge in [0.05, 0.1) is 29.3 Å². The smallest absolute Gasteiger partial charge is 0.262 e. The van der Waals surface area contributed by atoms with E-state index in [9.17, 15) is 14.4 Å². The molecule has 1 N–H and O–H groups in total. The summed E-state index contributed by atoms with van der Waals surface area (Å²) in [6.45, 7) is 4.90. The van der Waals surface area contributed by atoms with Crippen LogP contribution in [0.4, 0.5) is 0 Å². The molecule has 1 aromatic heterocycles. The van der Waals surface area contributed by atoms with Crippen LogP contribution >= 0.6 is 11.8 Å². The van der Waals surface area contributed by atoms with Gasteiger partial charge in [0, 0.05) is 27.2 Å². The summed E-state index contributed by atoms with van der Waals surface area (Å²) in [6.07, 6.45) is 0.791. The van der Waals surface area contributed by atoms with Crippen LogP contribution in [0.5, 0.6) is 0 Å². The molecule has 29 heavy (non-hydrogen) atoms. The van der Waals surface area contributed by atoms with Crippen molar-refractivity contribution in [2.45, 2.75) is 38.1 Å². The normalized spacial score (nSPS) is 11.1. The van der Waals surface area contributed by atoms with E-state index in [1.54, 1.807) is 23.7 Å². The zero-order chi connectivity index (χ0) is 21.4. The van der Waals surface area contributed by atoms with E-state index in [0.29, 0.717) is 35.6 Å². The first-order chi connectivity index (χ1) is 13.8. The molecular weight excluding hydrogens is 392 g/mol. The van der Waals surface area contributed by atoms with Crippen LogP contribution in [0.2, 0.25) is 0 Å². The van der Waals surface area contributed by atoms with Crippen molar-refractivity contribution in [1.82, 2.24) is 19.8 Å². The molecule has 8 nitrogen and oxygen atoms in total. The predicted molar refractivity (Wildman–Crippen MR) is 114 cm³/mol. The van der Waals surface area contributed by atoms with E-state index >= 15 is 0 Å².